The lowest BCUT2D eigenvalue weighted by Crippen LogP contribution is -2.23. The molecule has 2 heterocycles. The molecule has 2 aromatic carbocycles. The third-order valence-electron chi connectivity index (χ3n) is 5.02. The van der Waals surface area contributed by atoms with E-state index in [1.165, 1.54) is 0 Å². The molecule has 5 nitrogen and oxygen atoms in total. The monoisotopic (exact) mass is 358 g/mol. The molecular formula is C22H18N2O3. The number of carboxylic acid groups (broad SMARTS) is 1. The van der Waals surface area contributed by atoms with Crippen LogP contribution in [0.5, 0.6) is 0 Å². The summed E-state index contributed by atoms with van der Waals surface area (Å²) in [6, 6.07) is 16.8. The number of carboxylic acids is 1. The molecule has 0 saturated carbocycles. The summed E-state index contributed by atoms with van der Waals surface area (Å²) in [6.45, 7) is 2.13. The van der Waals surface area contributed by atoms with Gasteiger partial charge in [-0.2, -0.15) is 0 Å². The number of aliphatic carboxylic acids is 1. The molecule has 1 amide bonds. The summed E-state index contributed by atoms with van der Waals surface area (Å²) in [5.41, 5.74) is 5.14. The number of aromatic nitrogens is 1. The van der Waals surface area contributed by atoms with Crippen LogP contribution in [0.2, 0.25) is 0 Å². The SMILES string of the molecule is CC(C(=O)O)c1ccc(N2Cc3c(cccc3-c3cccnc3)C2=O)cc1. The maximum atomic E-state index is 12.9. The zero-order valence-corrected chi connectivity index (χ0v) is 14.8. The van der Waals surface area contributed by atoms with Gasteiger partial charge in [-0.15, -0.1) is 0 Å². The van der Waals surface area contributed by atoms with Crippen molar-refractivity contribution in [3.63, 3.8) is 0 Å². The van der Waals surface area contributed by atoms with Gasteiger partial charge < -0.3 is 10.0 Å². The molecule has 5 heteroatoms. The maximum Gasteiger partial charge on any atom is 0.310 e. The van der Waals surface area contributed by atoms with Crippen LogP contribution in [0.4, 0.5) is 5.69 Å². The van der Waals surface area contributed by atoms with Crippen molar-refractivity contribution < 1.29 is 14.7 Å². The number of anilines is 1. The molecule has 3 aromatic rings. The summed E-state index contributed by atoms with van der Waals surface area (Å²) in [4.78, 5) is 30.0. The molecule has 0 aliphatic carbocycles. The zero-order chi connectivity index (χ0) is 19.0. The highest BCUT2D eigenvalue weighted by Gasteiger charge is 2.30. The molecule has 0 saturated heterocycles. The number of hydrogen-bond acceptors (Lipinski definition) is 3. The van der Waals surface area contributed by atoms with Crippen molar-refractivity contribution in [1.29, 1.82) is 0 Å². The second-order valence-corrected chi connectivity index (χ2v) is 6.62. The highest BCUT2D eigenvalue weighted by molar-refractivity contribution is 6.11. The molecule has 0 bridgehead atoms. The Bertz CT molecular complexity index is 1010. The van der Waals surface area contributed by atoms with Gasteiger partial charge in [0.1, 0.15) is 0 Å². The van der Waals surface area contributed by atoms with Gasteiger partial charge in [0, 0.05) is 29.2 Å². The number of carbonyl (C=O) groups excluding carboxylic acids is 1. The summed E-state index contributed by atoms with van der Waals surface area (Å²) in [5.74, 6) is -1.49. The topological polar surface area (TPSA) is 70.5 Å². The molecule has 1 atom stereocenters. The van der Waals surface area contributed by atoms with Crippen molar-refractivity contribution in [3.8, 4) is 11.1 Å². The normalized spacial score (nSPS) is 14.1. The number of nitrogens with zero attached hydrogens (tertiary/aromatic N) is 2. The summed E-state index contributed by atoms with van der Waals surface area (Å²) in [5, 5.41) is 9.15. The molecule has 27 heavy (non-hydrogen) atoms. The first-order chi connectivity index (χ1) is 13.1. The standard InChI is InChI=1S/C22H18N2O3/c1-14(22(26)27)15-7-9-17(10-8-15)24-13-20-18(16-4-3-11-23-12-16)5-2-6-19(20)21(24)25/h2-12,14H,13H2,1H3,(H,26,27). The zero-order valence-electron chi connectivity index (χ0n) is 14.8. The average molecular weight is 358 g/mol. The minimum atomic E-state index is -0.867. The van der Waals surface area contributed by atoms with Gasteiger partial charge in [0.15, 0.2) is 0 Å². The highest BCUT2D eigenvalue weighted by atomic mass is 16.4. The van der Waals surface area contributed by atoms with Crippen molar-refractivity contribution in [1.82, 2.24) is 4.98 Å². The van der Waals surface area contributed by atoms with Gasteiger partial charge in [0.05, 0.1) is 12.5 Å². The predicted molar refractivity (Wildman–Crippen MR) is 103 cm³/mol. The van der Waals surface area contributed by atoms with E-state index in [4.69, 9.17) is 5.11 Å². The Balaban J connectivity index is 1.67. The predicted octanol–water partition coefficient (Wildman–Crippen LogP) is 4.10. The Morgan fingerprint density at radius 3 is 2.48 bits per heavy atom. The number of pyridine rings is 1. The van der Waals surface area contributed by atoms with Crippen LogP contribution in [0, 0.1) is 0 Å². The maximum absolute atomic E-state index is 12.9. The molecular weight excluding hydrogens is 340 g/mol. The lowest BCUT2D eigenvalue weighted by molar-refractivity contribution is -0.138. The fourth-order valence-electron chi connectivity index (χ4n) is 3.42. The lowest BCUT2D eigenvalue weighted by atomic mass is 9.98. The number of benzene rings is 2. The molecule has 1 unspecified atom stereocenters. The number of hydrogen-bond donors (Lipinski definition) is 1. The first-order valence-electron chi connectivity index (χ1n) is 8.73. The Morgan fingerprint density at radius 2 is 1.81 bits per heavy atom. The first kappa shape index (κ1) is 17.0. The molecule has 0 fully saturated rings. The van der Waals surface area contributed by atoms with Crippen LogP contribution in [0.3, 0.4) is 0 Å². The van der Waals surface area contributed by atoms with E-state index in [1.54, 1.807) is 36.4 Å². The number of amides is 1. The quantitative estimate of drug-likeness (QED) is 0.762. The van der Waals surface area contributed by atoms with E-state index in [0.29, 0.717) is 17.7 Å². The van der Waals surface area contributed by atoms with Gasteiger partial charge in [-0.1, -0.05) is 30.3 Å². The van der Waals surface area contributed by atoms with Gasteiger partial charge >= 0.3 is 5.97 Å². The van der Waals surface area contributed by atoms with Gasteiger partial charge in [0.25, 0.3) is 5.91 Å². The van der Waals surface area contributed by atoms with Crippen molar-refractivity contribution in [2.75, 3.05) is 4.90 Å². The summed E-state index contributed by atoms with van der Waals surface area (Å²) >= 11 is 0. The third kappa shape index (κ3) is 2.97. The van der Waals surface area contributed by atoms with Crippen LogP contribution in [0.25, 0.3) is 11.1 Å². The van der Waals surface area contributed by atoms with Crippen LogP contribution in [-0.4, -0.2) is 22.0 Å². The molecule has 134 valence electrons. The molecule has 0 spiro atoms. The lowest BCUT2D eigenvalue weighted by Gasteiger charge is -2.17. The smallest absolute Gasteiger partial charge is 0.310 e. The van der Waals surface area contributed by atoms with Crippen LogP contribution >= 0.6 is 0 Å². The fraction of sp³-hybridized carbons (Fsp3) is 0.136. The van der Waals surface area contributed by atoms with Gasteiger partial charge in [-0.3, -0.25) is 14.6 Å². The van der Waals surface area contributed by atoms with E-state index in [-0.39, 0.29) is 5.91 Å². The third-order valence-corrected chi connectivity index (χ3v) is 5.02. The van der Waals surface area contributed by atoms with Crippen molar-refractivity contribution in [2.24, 2.45) is 0 Å². The summed E-state index contributed by atoms with van der Waals surface area (Å²) in [7, 11) is 0. The number of rotatable bonds is 4. The molecule has 1 N–H and O–H groups in total. The Labute approximate surface area is 156 Å². The molecule has 0 radical (unpaired) electrons. The van der Waals surface area contributed by atoms with Crippen LogP contribution in [0.15, 0.2) is 67.0 Å². The summed E-state index contributed by atoms with van der Waals surface area (Å²) < 4.78 is 0. The van der Waals surface area contributed by atoms with Crippen LogP contribution < -0.4 is 4.90 Å². The van der Waals surface area contributed by atoms with Crippen molar-refractivity contribution in [2.45, 2.75) is 19.4 Å². The van der Waals surface area contributed by atoms with Crippen LogP contribution in [0.1, 0.15) is 34.3 Å². The minimum absolute atomic E-state index is 0.0465. The van der Waals surface area contributed by atoms with Crippen LogP contribution in [-0.2, 0) is 11.3 Å². The molecule has 1 aromatic heterocycles. The van der Waals surface area contributed by atoms with E-state index >= 15 is 0 Å². The molecule has 4 rings (SSSR count). The number of carbonyl (C=O) groups is 2. The Morgan fingerprint density at radius 1 is 1.07 bits per heavy atom. The van der Waals surface area contributed by atoms with Gasteiger partial charge in [-0.25, -0.2) is 0 Å². The van der Waals surface area contributed by atoms with Crippen molar-refractivity contribution >= 4 is 17.6 Å². The van der Waals surface area contributed by atoms with Crippen molar-refractivity contribution in [3.05, 3.63) is 83.7 Å². The molecule has 1 aliphatic heterocycles. The second kappa shape index (κ2) is 6.68. The fourth-order valence-corrected chi connectivity index (χ4v) is 3.42. The Hall–Kier alpha value is -3.47. The van der Waals surface area contributed by atoms with E-state index < -0.39 is 11.9 Å². The van der Waals surface area contributed by atoms with E-state index in [0.717, 1.165) is 22.4 Å². The number of fused-ring (bicyclic) bond motifs is 1. The second-order valence-electron chi connectivity index (χ2n) is 6.62. The minimum Gasteiger partial charge on any atom is -0.481 e. The van der Waals surface area contributed by atoms with E-state index in [1.807, 2.05) is 42.5 Å². The first-order valence-corrected chi connectivity index (χ1v) is 8.73. The highest BCUT2D eigenvalue weighted by Crippen LogP contribution is 2.35. The largest absolute Gasteiger partial charge is 0.481 e. The summed E-state index contributed by atoms with van der Waals surface area (Å²) in [6.07, 6.45) is 3.52. The van der Waals surface area contributed by atoms with Gasteiger partial charge in [-0.05, 0) is 47.9 Å². The Kier molecular flexibility index (Phi) is 4.20. The van der Waals surface area contributed by atoms with Gasteiger partial charge in [0.2, 0.25) is 0 Å². The average Bonchev–Trinajstić information content (AvgIpc) is 3.05. The van der Waals surface area contributed by atoms with E-state index in [2.05, 4.69) is 4.98 Å². The molecule has 1 aliphatic rings. The van der Waals surface area contributed by atoms with E-state index in [9.17, 15) is 9.59 Å².